The fourth-order valence-corrected chi connectivity index (χ4v) is 4.02. The number of benzene rings is 2. The van der Waals surface area contributed by atoms with Crippen LogP contribution < -0.4 is 4.74 Å². The Kier molecular flexibility index (Phi) is 5.52. The molecule has 0 atom stereocenters. The van der Waals surface area contributed by atoms with Gasteiger partial charge < -0.3 is 9.47 Å². The zero-order chi connectivity index (χ0) is 20.4. The number of ether oxygens (including phenoxy) is 2. The Hall–Kier alpha value is -2.73. The predicted octanol–water partition coefficient (Wildman–Crippen LogP) is 5.03. The van der Waals surface area contributed by atoms with E-state index >= 15 is 0 Å². The van der Waals surface area contributed by atoms with Crippen molar-refractivity contribution in [1.29, 1.82) is 0 Å². The Morgan fingerprint density at radius 1 is 1.11 bits per heavy atom. The van der Waals surface area contributed by atoms with Crippen molar-refractivity contribution in [3.63, 3.8) is 0 Å². The zero-order valence-corrected chi connectivity index (χ0v) is 17.4. The minimum Gasteiger partial charge on any atom is -0.488 e. The smallest absolute Gasteiger partial charge is 0.310 e. The molecular formula is C25H28O3. The molecule has 3 nitrogen and oxygen atoms in total. The molecule has 28 heavy (non-hydrogen) atoms. The molecule has 0 aliphatic carbocycles. The molecule has 0 fully saturated rings. The third kappa shape index (κ3) is 4.57. The first-order valence-corrected chi connectivity index (χ1v) is 9.79. The van der Waals surface area contributed by atoms with Crippen molar-refractivity contribution in [3.05, 3.63) is 64.7 Å². The van der Waals surface area contributed by atoms with Gasteiger partial charge in [-0.3, -0.25) is 4.79 Å². The molecule has 1 heterocycles. The Morgan fingerprint density at radius 2 is 1.86 bits per heavy atom. The van der Waals surface area contributed by atoms with Crippen molar-refractivity contribution in [2.45, 2.75) is 58.5 Å². The van der Waals surface area contributed by atoms with E-state index in [1.807, 2.05) is 43.3 Å². The van der Waals surface area contributed by atoms with Gasteiger partial charge in [0.1, 0.15) is 11.4 Å². The quantitative estimate of drug-likeness (QED) is 0.557. The molecule has 3 heteroatoms. The maximum absolute atomic E-state index is 11.8. The van der Waals surface area contributed by atoms with E-state index in [2.05, 4.69) is 45.6 Å². The van der Waals surface area contributed by atoms with E-state index < -0.39 is 0 Å². The van der Waals surface area contributed by atoms with Crippen molar-refractivity contribution in [3.8, 4) is 17.6 Å². The molecule has 2 aromatic rings. The van der Waals surface area contributed by atoms with Crippen LogP contribution in [0, 0.1) is 11.8 Å². The molecule has 2 aromatic carbocycles. The van der Waals surface area contributed by atoms with Crippen LogP contribution in [0.2, 0.25) is 0 Å². The van der Waals surface area contributed by atoms with Gasteiger partial charge in [0.2, 0.25) is 0 Å². The Morgan fingerprint density at radius 3 is 2.61 bits per heavy atom. The largest absolute Gasteiger partial charge is 0.488 e. The molecule has 1 aliphatic rings. The summed E-state index contributed by atoms with van der Waals surface area (Å²) in [6.45, 7) is 11.0. The SMILES string of the molecule is CCOC(=O)Cc1ccccc1C#Cc1ccc2c(c1)C(C)(C)CC(C)(C)O2. The molecule has 0 N–H and O–H groups in total. The Labute approximate surface area is 168 Å². The third-order valence-corrected chi connectivity index (χ3v) is 4.96. The van der Waals surface area contributed by atoms with E-state index in [4.69, 9.17) is 9.47 Å². The number of hydrogen-bond acceptors (Lipinski definition) is 3. The highest BCUT2D eigenvalue weighted by molar-refractivity contribution is 5.73. The normalized spacial score (nSPS) is 16.2. The van der Waals surface area contributed by atoms with Crippen molar-refractivity contribution in [2.24, 2.45) is 0 Å². The summed E-state index contributed by atoms with van der Waals surface area (Å²) in [5, 5.41) is 0. The molecule has 146 valence electrons. The van der Waals surface area contributed by atoms with Crippen LogP contribution in [-0.4, -0.2) is 18.2 Å². The van der Waals surface area contributed by atoms with Crippen molar-refractivity contribution >= 4 is 5.97 Å². The zero-order valence-electron chi connectivity index (χ0n) is 17.4. The molecule has 0 saturated carbocycles. The molecule has 0 aromatic heterocycles. The summed E-state index contributed by atoms with van der Waals surface area (Å²) in [6, 6.07) is 13.9. The van der Waals surface area contributed by atoms with E-state index in [1.54, 1.807) is 0 Å². The highest BCUT2D eigenvalue weighted by atomic mass is 16.5. The van der Waals surface area contributed by atoms with Crippen LogP contribution in [0.1, 0.15) is 63.3 Å². The van der Waals surface area contributed by atoms with Gasteiger partial charge in [-0.15, -0.1) is 0 Å². The average molecular weight is 376 g/mol. The standard InChI is InChI=1S/C25H28O3/c1-6-27-23(26)16-20-10-8-7-9-19(20)13-11-18-12-14-22-21(15-18)24(2,3)17-25(4,5)28-22/h7-10,12,14-15H,6,16-17H2,1-5H3. The lowest BCUT2D eigenvalue weighted by Crippen LogP contribution is -2.41. The molecule has 0 spiro atoms. The van der Waals surface area contributed by atoms with Crippen LogP contribution in [0.15, 0.2) is 42.5 Å². The van der Waals surface area contributed by atoms with Crippen LogP contribution >= 0.6 is 0 Å². The van der Waals surface area contributed by atoms with E-state index in [0.717, 1.165) is 28.9 Å². The molecule has 0 radical (unpaired) electrons. The van der Waals surface area contributed by atoms with Crippen LogP contribution in [0.4, 0.5) is 0 Å². The van der Waals surface area contributed by atoms with Crippen molar-refractivity contribution < 1.29 is 14.3 Å². The van der Waals surface area contributed by atoms with Crippen LogP contribution in [0.5, 0.6) is 5.75 Å². The summed E-state index contributed by atoms with van der Waals surface area (Å²) in [4.78, 5) is 11.8. The number of esters is 1. The number of hydrogen-bond donors (Lipinski definition) is 0. The van der Waals surface area contributed by atoms with E-state index in [9.17, 15) is 4.79 Å². The third-order valence-electron chi connectivity index (χ3n) is 4.96. The average Bonchev–Trinajstić information content (AvgIpc) is 2.60. The maximum Gasteiger partial charge on any atom is 0.310 e. The fraction of sp³-hybridized carbons (Fsp3) is 0.400. The monoisotopic (exact) mass is 376 g/mol. The van der Waals surface area contributed by atoms with Gasteiger partial charge in [-0.05, 0) is 62.4 Å². The first-order valence-electron chi connectivity index (χ1n) is 9.79. The van der Waals surface area contributed by atoms with E-state index in [-0.39, 0.29) is 23.4 Å². The van der Waals surface area contributed by atoms with Gasteiger partial charge in [0.05, 0.1) is 13.0 Å². The Balaban J connectivity index is 1.90. The molecule has 0 amide bonds. The molecule has 0 saturated heterocycles. The summed E-state index contributed by atoms with van der Waals surface area (Å²) in [7, 11) is 0. The molecule has 3 rings (SSSR count). The van der Waals surface area contributed by atoms with Crippen molar-refractivity contribution in [2.75, 3.05) is 6.61 Å². The minimum atomic E-state index is -0.230. The van der Waals surface area contributed by atoms with Gasteiger partial charge >= 0.3 is 5.97 Å². The lowest BCUT2D eigenvalue weighted by atomic mass is 9.73. The second-order valence-electron chi connectivity index (χ2n) is 8.52. The van der Waals surface area contributed by atoms with Gasteiger partial charge in [0.25, 0.3) is 0 Å². The fourth-order valence-electron chi connectivity index (χ4n) is 4.02. The lowest BCUT2D eigenvalue weighted by Gasteiger charge is -2.42. The van der Waals surface area contributed by atoms with Gasteiger partial charge in [-0.1, -0.05) is 43.9 Å². The van der Waals surface area contributed by atoms with Gasteiger partial charge in [0, 0.05) is 16.7 Å². The minimum absolute atomic E-state index is 0.0244. The number of carbonyl (C=O) groups excluding carboxylic acids is 1. The topological polar surface area (TPSA) is 35.5 Å². The summed E-state index contributed by atoms with van der Waals surface area (Å²) >= 11 is 0. The highest BCUT2D eigenvalue weighted by Gasteiger charge is 2.38. The Bertz CT molecular complexity index is 942. The summed E-state index contributed by atoms with van der Waals surface area (Å²) in [5.74, 6) is 7.20. The lowest BCUT2D eigenvalue weighted by molar-refractivity contribution is -0.142. The van der Waals surface area contributed by atoms with Gasteiger partial charge in [-0.25, -0.2) is 0 Å². The van der Waals surface area contributed by atoms with E-state index in [0.29, 0.717) is 6.61 Å². The summed E-state index contributed by atoms with van der Waals surface area (Å²) in [5.41, 5.74) is 3.73. The van der Waals surface area contributed by atoms with Gasteiger partial charge in [0.15, 0.2) is 0 Å². The second-order valence-corrected chi connectivity index (χ2v) is 8.52. The highest BCUT2D eigenvalue weighted by Crippen LogP contribution is 2.44. The summed E-state index contributed by atoms with van der Waals surface area (Å²) < 4.78 is 11.2. The number of rotatable bonds is 3. The first-order chi connectivity index (χ1) is 13.2. The van der Waals surface area contributed by atoms with Gasteiger partial charge in [-0.2, -0.15) is 0 Å². The maximum atomic E-state index is 11.8. The molecule has 0 unspecified atom stereocenters. The van der Waals surface area contributed by atoms with Crippen LogP contribution in [0.25, 0.3) is 0 Å². The van der Waals surface area contributed by atoms with Crippen LogP contribution in [0.3, 0.4) is 0 Å². The first kappa shape index (κ1) is 20.0. The predicted molar refractivity (Wildman–Crippen MR) is 112 cm³/mol. The van der Waals surface area contributed by atoms with Crippen molar-refractivity contribution in [1.82, 2.24) is 0 Å². The molecular weight excluding hydrogens is 348 g/mol. The number of fused-ring (bicyclic) bond motifs is 1. The van der Waals surface area contributed by atoms with Crippen LogP contribution in [-0.2, 0) is 21.4 Å². The molecule has 1 aliphatic heterocycles. The molecule has 0 bridgehead atoms. The number of carbonyl (C=O) groups is 1. The second kappa shape index (κ2) is 7.72. The van der Waals surface area contributed by atoms with E-state index in [1.165, 1.54) is 5.56 Å². The summed E-state index contributed by atoms with van der Waals surface area (Å²) in [6.07, 6.45) is 1.19.